The van der Waals surface area contributed by atoms with Crippen molar-refractivity contribution >= 4 is 0 Å². The molecule has 0 aromatic carbocycles. The Kier molecular flexibility index (Phi) is 1.44. The molecular formula is C7H13NO2. The van der Waals surface area contributed by atoms with E-state index in [1.54, 1.807) is 0 Å². The Labute approximate surface area is 60.1 Å². The lowest BCUT2D eigenvalue weighted by molar-refractivity contribution is 0.101. The minimum Gasteiger partial charge on any atom is -0.392 e. The molecule has 2 aliphatic heterocycles. The predicted octanol–water partition coefficient (Wildman–Crippen LogP) is -0.768. The predicted molar refractivity (Wildman–Crippen MR) is 36.6 cm³/mol. The molecule has 4 atom stereocenters. The van der Waals surface area contributed by atoms with Gasteiger partial charge in [-0.15, -0.1) is 0 Å². The van der Waals surface area contributed by atoms with Crippen molar-refractivity contribution in [3.05, 3.63) is 0 Å². The summed E-state index contributed by atoms with van der Waals surface area (Å²) >= 11 is 0. The summed E-state index contributed by atoms with van der Waals surface area (Å²) < 4.78 is 0. The fourth-order valence-corrected chi connectivity index (χ4v) is 1.97. The Morgan fingerprint density at radius 2 is 1.80 bits per heavy atom. The first-order valence-electron chi connectivity index (χ1n) is 3.89. The standard InChI is InChI=1S/C7H13NO2/c9-6-2-1-4-7(10)3-5(6)8-4/h4-10H,1-3H2/t4-,5+,6-,7+/m0/s1. The lowest BCUT2D eigenvalue weighted by Gasteiger charge is -2.25. The molecule has 0 spiro atoms. The zero-order valence-corrected chi connectivity index (χ0v) is 5.83. The Balaban J connectivity index is 2.08. The summed E-state index contributed by atoms with van der Waals surface area (Å²) in [6, 6.07) is 0.419. The summed E-state index contributed by atoms with van der Waals surface area (Å²) in [6.45, 7) is 0. The number of rotatable bonds is 0. The van der Waals surface area contributed by atoms with Gasteiger partial charge < -0.3 is 15.5 Å². The van der Waals surface area contributed by atoms with Gasteiger partial charge in [0.05, 0.1) is 12.2 Å². The van der Waals surface area contributed by atoms with E-state index in [4.69, 9.17) is 0 Å². The van der Waals surface area contributed by atoms with Crippen LogP contribution >= 0.6 is 0 Å². The van der Waals surface area contributed by atoms with Crippen molar-refractivity contribution in [1.82, 2.24) is 5.32 Å². The molecule has 2 heterocycles. The average molecular weight is 143 g/mol. The van der Waals surface area contributed by atoms with Crippen molar-refractivity contribution in [2.45, 2.75) is 43.6 Å². The number of hydrogen-bond acceptors (Lipinski definition) is 3. The van der Waals surface area contributed by atoms with E-state index in [9.17, 15) is 10.2 Å². The summed E-state index contributed by atoms with van der Waals surface area (Å²) in [5, 5.41) is 21.9. The van der Waals surface area contributed by atoms with Crippen molar-refractivity contribution < 1.29 is 10.2 Å². The lowest BCUT2D eigenvalue weighted by atomic mass is 10.0. The zero-order chi connectivity index (χ0) is 7.14. The second-order valence-corrected chi connectivity index (χ2v) is 3.33. The maximum Gasteiger partial charge on any atom is 0.0709 e. The van der Waals surface area contributed by atoms with E-state index in [0.717, 1.165) is 19.3 Å². The van der Waals surface area contributed by atoms with Crippen molar-refractivity contribution in [1.29, 1.82) is 0 Å². The molecule has 0 aliphatic carbocycles. The van der Waals surface area contributed by atoms with E-state index in [2.05, 4.69) is 5.32 Å². The van der Waals surface area contributed by atoms with E-state index in [1.165, 1.54) is 0 Å². The highest BCUT2D eigenvalue weighted by molar-refractivity contribution is 4.98. The molecule has 58 valence electrons. The first kappa shape index (κ1) is 6.58. The number of aliphatic hydroxyl groups is 2. The SMILES string of the molecule is O[C@@H]1C[C@H]2N[C@H]1CC[C@@H]2O. The smallest absolute Gasteiger partial charge is 0.0709 e. The first-order chi connectivity index (χ1) is 4.77. The van der Waals surface area contributed by atoms with Gasteiger partial charge >= 0.3 is 0 Å². The first-order valence-corrected chi connectivity index (χ1v) is 3.89. The van der Waals surface area contributed by atoms with Crippen LogP contribution < -0.4 is 5.32 Å². The maximum absolute atomic E-state index is 9.34. The lowest BCUT2D eigenvalue weighted by Crippen LogP contribution is -2.44. The summed E-state index contributed by atoms with van der Waals surface area (Å²) in [6.07, 6.45) is 2.04. The quantitative estimate of drug-likeness (QED) is 0.417. The van der Waals surface area contributed by atoms with Crippen molar-refractivity contribution in [3.63, 3.8) is 0 Å². The van der Waals surface area contributed by atoms with Gasteiger partial charge in [-0.3, -0.25) is 0 Å². The highest BCUT2D eigenvalue weighted by Crippen LogP contribution is 2.26. The van der Waals surface area contributed by atoms with E-state index < -0.39 is 0 Å². The van der Waals surface area contributed by atoms with Gasteiger partial charge in [0.25, 0.3) is 0 Å². The van der Waals surface area contributed by atoms with Crippen molar-refractivity contribution in [3.8, 4) is 0 Å². The van der Waals surface area contributed by atoms with Gasteiger partial charge in [0.2, 0.25) is 0 Å². The third kappa shape index (κ3) is 0.856. The summed E-state index contributed by atoms with van der Waals surface area (Å²) in [5.41, 5.74) is 0. The highest BCUT2D eigenvalue weighted by Gasteiger charge is 2.39. The highest BCUT2D eigenvalue weighted by atomic mass is 16.3. The van der Waals surface area contributed by atoms with Crippen LogP contribution in [0, 0.1) is 0 Å². The largest absolute Gasteiger partial charge is 0.392 e. The summed E-state index contributed by atoms with van der Waals surface area (Å²) in [7, 11) is 0. The molecule has 2 bridgehead atoms. The average Bonchev–Trinajstić information content (AvgIpc) is 2.21. The molecule has 10 heavy (non-hydrogen) atoms. The number of piperidine rings is 1. The van der Waals surface area contributed by atoms with Crippen molar-refractivity contribution in [2.75, 3.05) is 0 Å². The number of nitrogens with one attached hydrogen (secondary N) is 1. The van der Waals surface area contributed by atoms with Crippen LogP contribution in [0.4, 0.5) is 0 Å². The molecule has 0 unspecified atom stereocenters. The fourth-order valence-electron chi connectivity index (χ4n) is 1.97. The zero-order valence-electron chi connectivity index (χ0n) is 5.83. The molecule has 2 rings (SSSR count). The van der Waals surface area contributed by atoms with Gasteiger partial charge in [-0.25, -0.2) is 0 Å². The third-order valence-electron chi connectivity index (χ3n) is 2.63. The van der Waals surface area contributed by atoms with Crippen LogP contribution in [0.5, 0.6) is 0 Å². The van der Waals surface area contributed by atoms with Crippen LogP contribution in [0.1, 0.15) is 19.3 Å². The van der Waals surface area contributed by atoms with Crippen LogP contribution in [0.15, 0.2) is 0 Å². The molecule has 3 N–H and O–H groups in total. The van der Waals surface area contributed by atoms with Gasteiger partial charge in [-0.05, 0) is 19.3 Å². The van der Waals surface area contributed by atoms with Gasteiger partial charge in [0, 0.05) is 12.1 Å². The molecule has 2 aliphatic rings. The Morgan fingerprint density at radius 3 is 2.50 bits per heavy atom. The number of fused-ring (bicyclic) bond motifs is 2. The molecule has 0 amide bonds. The minimum absolute atomic E-state index is 0.161. The van der Waals surface area contributed by atoms with Gasteiger partial charge in [0.1, 0.15) is 0 Å². The fraction of sp³-hybridized carbons (Fsp3) is 1.00. The van der Waals surface area contributed by atoms with Crippen LogP contribution in [-0.4, -0.2) is 34.5 Å². The topological polar surface area (TPSA) is 52.5 Å². The second-order valence-electron chi connectivity index (χ2n) is 3.33. The Hall–Kier alpha value is -0.120. The molecule has 3 nitrogen and oxygen atoms in total. The molecule has 3 heteroatoms. The van der Waals surface area contributed by atoms with Gasteiger partial charge in [-0.2, -0.15) is 0 Å². The van der Waals surface area contributed by atoms with E-state index in [-0.39, 0.29) is 24.3 Å². The van der Waals surface area contributed by atoms with Crippen LogP contribution in [-0.2, 0) is 0 Å². The van der Waals surface area contributed by atoms with Crippen LogP contribution in [0.3, 0.4) is 0 Å². The summed E-state index contributed by atoms with van der Waals surface area (Å²) in [4.78, 5) is 0. The summed E-state index contributed by atoms with van der Waals surface area (Å²) in [5.74, 6) is 0. The normalized spacial score (nSPS) is 53.4. The molecule has 0 aromatic heterocycles. The van der Waals surface area contributed by atoms with E-state index in [1.807, 2.05) is 0 Å². The van der Waals surface area contributed by atoms with Crippen LogP contribution in [0.25, 0.3) is 0 Å². The molecule has 2 fully saturated rings. The van der Waals surface area contributed by atoms with Crippen molar-refractivity contribution in [2.24, 2.45) is 0 Å². The van der Waals surface area contributed by atoms with Gasteiger partial charge in [0.15, 0.2) is 0 Å². The van der Waals surface area contributed by atoms with E-state index in [0.29, 0.717) is 0 Å². The number of hydrogen-bond donors (Lipinski definition) is 3. The maximum atomic E-state index is 9.34. The molecule has 0 saturated carbocycles. The Bertz CT molecular complexity index is 138. The third-order valence-corrected chi connectivity index (χ3v) is 2.63. The van der Waals surface area contributed by atoms with Gasteiger partial charge in [-0.1, -0.05) is 0 Å². The Morgan fingerprint density at radius 1 is 1.00 bits per heavy atom. The molecular weight excluding hydrogens is 130 g/mol. The molecule has 2 saturated heterocycles. The molecule has 0 aromatic rings. The molecule has 0 radical (unpaired) electrons. The minimum atomic E-state index is -0.228. The second kappa shape index (κ2) is 2.19. The van der Waals surface area contributed by atoms with E-state index >= 15 is 0 Å². The number of aliphatic hydroxyl groups excluding tert-OH is 2. The van der Waals surface area contributed by atoms with Crippen LogP contribution in [0.2, 0.25) is 0 Å². The monoisotopic (exact) mass is 143 g/mol.